The van der Waals surface area contributed by atoms with Gasteiger partial charge in [-0.2, -0.15) is 0 Å². The summed E-state index contributed by atoms with van der Waals surface area (Å²) >= 11 is 0. The first-order valence-electron chi connectivity index (χ1n) is 9.06. The Morgan fingerprint density at radius 3 is 2.14 bits per heavy atom. The van der Waals surface area contributed by atoms with Gasteiger partial charge in [-0.15, -0.1) is 0 Å². The second-order valence-electron chi connectivity index (χ2n) is 6.73. The van der Waals surface area contributed by atoms with Crippen molar-refractivity contribution in [2.75, 3.05) is 0 Å². The van der Waals surface area contributed by atoms with Crippen molar-refractivity contribution in [3.05, 3.63) is 107 Å². The molecule has 4 heteroatoms. The molecule has 0 saturated heterocycles. The van der Waals surface area contributed by atoms with Crippen molar-refractivity contribution in [3.8, 4) is 0 Å². The van der Waals surface area contributed by atoms with E-state index in [9.17, 15) is 14.7 Å². The Bertz CT molecular complexity index is 1190. The minimum Gasteiger partial charge on any atom is -0.478 e. The predicted molar refractivity (Wildman–Crippen MR) is 109 cm³/mol. The van der Waals surface area contributed by atoms with Gasteiger partial charge in [-0.1, -0.05) is 66.7 Å². The number of ketones is 1. The summed E-state index contributed by atoms with van der Waals surface area (Å²) in [6, 6.07) is 24.2. The molecule has 28 heavy (non-hydrogen) atoms. The number of benzene rings is 3. The number of aromatic carboxylic acids is 1. The zero-order valence-corrected chi connectivity index (χ0v) is 15.4. The largest absolute Gasteiger partial charge is 0.478 e. The molecule has 1 heterocycles. The van der Waals surface area contributed by atoms with Gasteiger partial charge in [-0.05, 0) is 24.6 Å². The van der Waals surface area contributed by atoms with Crippen LogP contribution in [0.3, 0.4) is 0 Å². The van der Waals surface area contributed by atoms with E-state index in [0.717, 1.165) is 22.2 Å². The van der Waals surface area contributed by atoms with E-state index in [1.807, 2.05) is 49.4 Å². The number of aromatic nitrogens is 1. The maximum Gasteiger partial charge on any atom is 0.336 e. The summed E-state index contributed by atoms with van der Waals surface area (Å²) in [6.07, 6.45) is 0. The standard InChI is InChI=1S/C24H19NO3/c1-16-22(23(26)18-11-5-6-12-19(18)24(27)28)20-13-7-8-14-21(20)25(16)15-17-9-3-2-4-10-17/h2-14H,15H2,1H3,(H,27,28). The van der Waals surface area contributed by atoms with Crippen LogP contribution in [0.25, 0.3) is 10.9 Å². The molecule has 0 bridgehead atoms. The van der Waals surface area contributed by atoms with E-state index in [1.54, 1.807) is 18.2 Å². The normalized spacial score (nSPS) is 10.9. The van der Waals surface area contributed by atoms with E-state index in [1.165, 1.54) is 6.07 Å². The molecule has 0 aliphatic carbocycles. The number of rotatable bonds is 5. The summed E-state index contributed by atoms with van der Waals surface area (Å²) in [5.41, 5.74) is 3.71. The van der Waals surface area contributed by atoms with Gasteiger partial charge in [0.2, 0.25) is 0 Å². The van der Waals surface area contributed by atoms with Crippen molar-refractivity contribution in [3.63, 3.8) is 0 Å². The van der Waals surface area contributed by atoms with E-state index in [-0.39, 0.29) is 16.9 Å². The molecule has 1 aromatic heterocycles. The Morgan fingerprint density at radius 1 is 0.821 bits per heavy atom. The third kappa shape index (κ3) is 2.99. The van der Waals surface area contributed by atoms with Gasteiger partial charge in [0.1, 0.15) is 0 Å². The van der Waals surface area contributed by atoms with Crippen molar-refractivity contribution in [1.82, 2.24) is 4.57 Å². The highest BCUT2D eigenvalue weighted by Crippen LogP contribution is 2.29. The minimum absolute atomic E-state index is 0.0202. The molecule has 0 aliphatic heterocycles. The zero-order chi connectivity index (χ0) is 19.7. The fraction of sp³-hybridized carbons (Fsp3) is 0.0833. The molecule has 138 valence electrons. The second-order valence-corrected chi connectivity index (χ2v) is 6.73. The number of carbonyl (C=O) groups is 2. The summed E-state index contributed by atoms with van der Waals surface area (Å²) in [5.74, 6) is -1.37. The molecule has 3 aromatic carbocycles. The van der Waals surface area contributed by atoms with Crippen LogP contribution in [0.2, 0.25) is 0 Å². The van der Waals surface area contributed by atoms with Gasteiger partial charge in [-0.25, -0.2) is 4.79 Å². The maximum absolute atomic E-state index is 13.4. The summed E-state index contributed by atoms with van der Waals surface area (Å²) in [7, 11) is 0. The van der Waals surface area contributed by atoms with Crippen molar-refractivity contribution in [1.29, 1.82) is 0 Å². The number of hydrogen-bond donors (Lipinski definition) is 1. The van der Waals surface area contributed by atoms with Crippen molar-refractivity contribution in [2.24, 2.45) is 0 Å². The Labute approximate surface area is 162 Å². The average molecular weight is 369 g/mol. The highest BCUT2D eigenvalue weighted by molar-refractivity contribution is 6.20. The number of hydrogen-bond acceptors (Lipinski definition) is 2. The Kier molecular flexibility index (Phi) is 4.53. The summed E-state index contributed by atoms with van der Waals surface area (Å²) in [4.78, 5) is 25.0. The molecule has 0 radical (unpaired) electrons. The SMILES string of the molecule is Cc1c(C(=O)c2ccccc2C(=O)O)c2ccccc2n1Cc1ccccc1. The lowest BCUT2D eigenvalue weighted by atomic mass is 9.96. The highest BCUT2D eigenvalue weighted by Gasteiger charge is 2.24. The van der Waals surface area contributed by atoms with Crippen LogP contribution in [0, 0.1) is 6.92 Å². The number of para-hydroxylation sites is 1. The lowest BCUT2D eigenvalue weighted by molar-refractivity contribution is 0.0693. The molecule has 4 rings (SSSR count). The van der Waals surface area contributed by atoms with Gasteiger partial charge in [0, 0.05) is 28.7 Å². The van der Waals surface area contributed by atoms with Gasteiger partial charge in [0.05, 0.1) is 11.1 Å². The topological polar surface area (TPSA) is 59.3 Å². The number of carbonyl (C=O) groups excluding carboxylic acids is 1. The lowest BCUT2D eigenvalue weighted by Gasteiger charge is -2.09. The van der Waals surface area contributed by atoms with Crippen LogP contribution in [0.5, 0.6) is 0 Å². The van der Waals surface area contributed by atoms with Gasteiger partial charge >= 0.3 is 5.97 Å². The molecule has 0 spiro atoms. The van der Waals surface area contributed by atoms with Crippen LogP contribution in [-0.4, -0.2) is 21.4 Å². The van der Waals surface area contributed by atoms with Gasteiger partial charge < -0.3 is 9.67 Å². The third-order valence-corrected chi connectivity index (χ3v) is 5.04. The fourth-order valence-electron chi connectivity index (χ4n) is 3.69. The first-order valence-corrected chi connectivity index (χ1v) is 9.06. The van der Waals surface area contributed by atoms with Crippen LogP contribution in [0.15, 0.2) is 78.9 Å². The molecular weight excluding hydrogens is 350 g/mol. The fourth-order valence-corrected chi connectivity index (χ4v) is 3.69. The molecule has 0 fully saturated rings. The number of nitrogens with zero attached hydrogens (tertiary/aromatic N) is 1. The van der Waals surface area contributed by atoms with Crippen LogP contribution in [-0.2, 0) is 6.54 Å². The Balaban J connectivity index is 1.90. The zero-order valence-electron chi connectivity index (χ0n) is 15.4. The number of carboxylic acid groups (broad SMARTS) is 1. The summed E-state index contributed by atoms with van der Waals surface area (Å²) < 4.78 is 2.11. The predicted octanol–water partition coefficient (Wildman–Crippen LogP) is 4.93. The molecular formula is C24H19NO3. The monoisotopic (exact) mass is 369 g/mol. The van der Waals surface area contributed by atoms with Crippen LogP contribution in [0.1, 0.15) is 37.5 Å². The summed E-state index contributed by atoms with van der Waals surface area (Å²) in [5, 5.41) is 10.3. The Hall–Kier alpha value is -3.66. The van der Waals surface area contributed by atoms with Crippen molar-refractivity contribution in [2.45, 2.75) is 13.5 Å². The maximum atomic E-state index is 13.4. The molecule has 0 amide bonds. The molecule has 0 atom stereocenters. The molecule has 4 nitrogen and oxygen atoms in total. The first kappa shape index (κ1) is 17.7. The van der Waals surface area contributed by atoms with E-state index in [2.05, 4.69) is 16.7 Å². The van der Waals surface area contributed by atoms with Crippen LogP contribution < -0.4 is 0 Å². The van der Waals surface area contributed by atoms with Crippen molar-refractivity contribution < 1.29 is 14.7 Å². The van der Waals surface area contributed by atoms with Gasteiger partial charge in [0.25, 0.3) is 0 Å². The molecule has 0 unspecified atom stereocenters. The molecule has 0 saturated carbocycles. The highest BCUT2D eigenvalue weighted by atomic mass is 16.4. The van der Waals surface area contributed by atoms with E-state index < -0.39 is 5.97 Å². The van der Waals surface area contributed by atoms with Gasteiger partial charge in [0.15, 0.2) is 5.78 Å². The Morgan fingerprint density at radius 2 is 1.43 bits per heavy atom. The van der Waals surface area contributed by atoms with Crippen LogP contribution in [0.4, 0.5) is 0 Å². The number of fused-ring (bicyclic) bond motifs is 1. The van der Waals surface area contributed by atoms with Crippen molar-refractivity contribution >= 4 is 22.7 Å². The van der Waals surface area contributed by atoms with Crippen LogP contribution >= 0.6 is 0 Å². The molecule has 0 aliphatic rings. The van der Waals surface area contributed by atoms with E-state index in [0.29, 0.717) is 12.1 Å². The third-order valence-electron chi connectivity index (χ3n) is 5.04. The lowest BCUT2D eigenvalue weighted by Crippen LogP contribution is -2.11. The molecule has 4 aromatic rings. The van der Waals surface area contributed by atoms with E-state index in [4.69, 9.17) is 0 Å². The van der Waals surface area contributed by atoms with Gasteiger partial charge in [-0.3, -0.25) is 4.79 Å². The van der Waals surface area contributed by atoms with E-state index >= 15 is 0 Å². The average Bonchev–Trinajstić information content (AvgIpc) is 3.00. The second kappa shape index (κ2) is 7.16. The number of carboxylic acids is 1. The summed E-state index contributed by atoms with van der Waals surface area (Å²) in [6.45, 7) is 2.56. The first-order chi connectivity index (χ1) is 13.6. The quantitative estimate of drug-likeness (QED) is 0.508. The smallest absolute Gasteiger partial charge is 0.336 e. The minimum atomic E-state index is -1.10. The molecule has 1 N–H and O–H groups in total.